The van der Waals surface area contributed by atoms with Gasteiger partial charge in [-0.1, -0.05) is 0 Å². The summed E-state index contributed by atoms with van der Waals surface area (Å²) in [5.41, 5.74) is 4.51. The number of aliphatic hydroxyl groups excluding tert-OH is 1. The van der Waals surface area contributed by atoms with Gasteiger partial charge in [0, 0.05) is 18.9 Å². The number of amides is 2. The zero-order valence-electron chi connectivity index (χ0n) is 10.5. The zero-order chi connectivity index (χ0) is 13.2. The minimum absolute atomic E-state index is 0.0838. The highest BCUT2D eigenvalue weighted by Crippen LogP contribution is 2.22. The molecule has 98 valence electrons. The van der Waals surface area contributed by atoms with Crippen molar-refractivity contribution in [1.29, 1.82) is 0 Å². The van der Waals surface area contributed by atoms with Crippen molar-refractivity contribution >= 4 is 12.0 Å². The number of primary amides is 1. The fraction of sp³-hybridized carbons (Fsp3) is 0.818. The summed E-state index contributed by atoms with van der Waals surface area (Å²) in [5, 5.41) is 9.70. The Morgan fingerprint density at radius 3 is 2.47 bits per heavy atom. The van der Waals surface area contributed by atoms with E-state index in [-0.39, 0.29) is 18.9 Å². The molecule has 2 amide bonds. The number of β-amino-alcohol motifs (C(OH)–C–C–N with tert-alkyl or cyclic N) is 1. The number of nitrogens with two attached hydrogens (primary N) is 1. The molecule has 0 aromatic carbocycles. The molecule has 0 spiro atoms. The van der Waals surface area contributed by atoms with Gasteiger partial charge in [0.2, 0.25) is 5.91 Å². The maximum atomic E-state index is 11.7. The molecule has 1 heterocycles. The highest BCUT2D eigenvalue weighted by molar-refractivity contribution is 5.74. The monoisotopic (exact) mass is 244 g/mol. The quantitative estimate of drug-likeness (QED) is 0.720. The van der Waals surface area contributed by atoms with Gasteiger partial charge in [0.15, 0.2) is 0 Å². The minimum Gasteiger partial charge on any atom is -0.444 e. The predicted octanol–water partition coefficient (Wildman–Crippen LogP) is 0.0896. The SMILES string of the molecule is CC(C)(C)OC(=O)N1C[C@@H](CC(N)=O)[C@H](O)C1. The number of nitrogens with zero attached hydrogens (tertiary/aromatic N) is 1. The standard InChI is InChI=1S/C11H20N2O4/c1-11(2,3)17-10(16)13-5-7(4-9(12)15)8(14)6-13/h7-8,14H,4-6H2,1-3H3,(H2,12,15)/t7-,8-/m1/s1. The second-order valence-electron chi connectivity index (χ2n) is 5.38. The van der Waals surface area contributed by atoms with Crippen LogP contribution in [0.15, 0.2) is 0 Å². The number of hydrogen-bond donors (Lipinski definition) is 2. The highest BCUT2D eigenvalue weighted by Gasteiger charge is 2.36. The van der Waals surface area contributed by atoms with Crippen molar-refractivity contribution in [1.82, 2.24) is 4.90 Å². The van der Waals surface area contributed by atoms with Crippen LogP contribution < -0.4 is 5.73 Å². The van der Waals surface area contributed by atoms with Gasteiger partial charge in [0.05, 0.1) is 12.6 Å². The fourth-order valence-corrected chi connectivity index (χ4v) is 1.79. The van der Waals surface area contributed by atoms with Crippen molar-refractivity contribution in [2.75, 3.05) is 13.1 Å². The Bertz CT molecular complexity index is 311. The maximum absolute atomic E-state index is 11.7. The second-order valence-corrected chi connectivity index (χ2v) is 5.38. The van der Waals surface area contributed by atoms with Gasteiger partial charge in [-0.15, -0.1) is 0 Å². The summed E-state index contributed by atoms with van der Waals surface area (Å²) < 4.78 is 5.18. The topological polar surface area (TPSA) is 92.9 Å². The average Bonchev–Trinajstić information content (AvgIpc) is 2.44. The van der Waals surface area contributed by atoms with Crippen LogP contribution in [0, 0.1) is 5.92 Å². The lowest BCUT2D eigenvalue weighted by Gasteiger charge is -2.24. The Hall–Kier alpha value is -1.30. The molecule has 1 saturated heterocycles. The number of rotatable bonds is 2. The van der Waals surface area contributed by atoms with E-state index in [0.717, 1.165) is 0 Å². The summed E-state index contributed by atoms with van der Waals surface area (Å²) in [6.45, 7) is 5.82. The first kappa shape index (κ1) is 13.8. The van der Waals surface area contributed by atoms with E-state index in [9.17, 15) is 14.7 Å². The van der Waals surface area contributed by atoms with Crippen molar-refractivity contribution in [3.63, 3.8) is 0 Å². The molecule has 3 N–H and O–H groups in total. The van der Waals surface area contributed by atoms with Crippen molar-refractivity contribution < 1.29 is 19.4 Å². The molecule has 0 unspecified atom stereocenters. The van der Waals surface area contributed by atoms with Gasteiger partial charge in [-0.25, -0.2) is 4.79 Å². The Labute approximate surface area is 101 Å². The fourth-order valence-electron chi connectivity index (χ4n) is 1.79. The van der Waals surface area contributed by atoms with Crippen molar-refractivity contribution in [3.05, 3.63) is 0 Å². The summed E-state index contributed by atoms with van der Waals surface area (Å²) in [4.78, 5) is 23.9. The number of carbonyl (C=O) groups is 2. The van der Waals surface area contributed by atoms with Crippen LogP contribution in [0.2, 0.25) is 0 Å². The summed E-state index contributed by atoms with van der Waals surface area (Å²) in [7, 11) is 0. The molecular formula is C11H20N2O4. The van der Waals surface area contributed by atoms with E-state index in [0.29, 0.717) is 6.54 Å². The van der Waals surface area contributed by atoms with Crippen LogP contribution in [-0.2, 0) is 9.53 Å². The first-order valence-electron chi connectivity index (χ1n) is 5.63. The van der Waals surface area contributed by atoms with Crippen molar-refractivity contribution in [2.45, 2.75) is 38.9 Å². The predicted molar refractivity (Wildman–Crippen MR) is 61.1 cm³/mol. The van der Waals surface area contributed by atoms with E-state index in [1.807, 2.05) is 0 Å². The van der Waals surface area contributed by atoms with E-state index in [1.54, 1.807) is 20.8 Å². The van der Waals surface area contributed by atoms with Gasteiger partial charge in [-0.3, -0.25) is 4.79 Å². The molecule has 1 rings (SSSR count). The van der Waals surface area contributed by atoms with E-state index in [2.05, 4.69) is 0 Å². The Kier molecular flexibility index (Phi) is 3.98. The summed E-state index contributed by atoms with van der Waals surface area (Å²) in [5.74, 6) is -0.764. The molecule has 0 aromatic rings. The Morgan fingerprint density at radius 2 is 2.00 bits per heavy atom. The van der Waals surface area contributed by atoms with Gasteiger partial charge < -0.3 is 20.5 Å². The molecule has 1 aliphatic heterocycles. The van der Waals surface area contributed by atoms with Crippen LogP contribution in [0.3, 0.4) is 0 Å². The van der Waals surface area contributed by atoms with E-state index < -0.39 is 23.7 Å². The summed E-state index contributed by atoms with van der Waals surface area (Å²) in [6.07, 6.45) is -1.10. The lowest BCUT2D eigenvalue weighted by Crippen LogP contribution is -2.35. The van der Waals surface area contributed by atoms with E-state index >= 15 is 0 Å². The third kappa shape index (κ3) is 4.22. The highest BCUT2D eigenvalue weighted by atomic mass is 16.6. The summed E-state index contributed by atoms with van der Waals surface area (Å²) in [6, 6.07) is 0. The number of carbonyl (C=O) groups excluding carboxylic acids is 2. The number of hydrogen-bond acceptors (Lipinski definition) is 4. The molecule has 0 bridgehead atoms. The lowest BCUT2D eigenvalue weighted by atomic mass is 10.0. The Balaban J connectivity index is 2.53. The maximum Gasteiger partial charge on any atom is 0.410 e. The van der Waals surface area contributed by atoms with Gasteiger partial charge in [-0.2, -0.15) is 0 Å². The van der Waals surface area contributed by atoms with Gasteiger partial charge in [-0.05, 0) is 20.8 Å². The molecule has 17 heavy (non-hydrogen) atoms. The Morgan fingerprint density at radius 1 is 1.41 bits per heavy atom. The third-order valence-corrected chi connectivity index (χ3v) is 2.52. The van der Waals surface area contributed by atoms with Crippen LogP contribution in [-0.4, -0.2) is 46.8 Å². The molecule has 6 nitrogen and oxygen atoms in total. The van der Waals surface area contributed by atoms with Gasteiger partial charge in [0.1, 0.15) is 5.60 Å². The molecule has 0 radical (unpaired) electrons. The van der Waals surface area contributed by atoms with Gasteiger partial charge in [0.25, 0.3) is 0 Å². The molecular weight excluding hydrogens is 224 g/mol. The van der Waals surface area contributed by atoms with Crippen LogP contribution in [0.1, 0.15) is 27.2 Å². The first-order chi connectivity index (χ1) is 7.69. The van der Waals surface area contributed by atoms with Crippen LogP contribution in [0.4, 0.5) is 4.79 Å². The molecule has 0 saturated carbocycles. The van der Waals surface area contributed by atoms with Crippen LogP contribution in [0.25, 0.3) is 0 Å². The van der Waals surface area contributed by atoms with Crippen molar-refractivity contribution in [2.24, 2.45) is 11.7 Å². The zero-order valence-corrected chi connectivity index (χ0v) is 10.5. The number of aliphatic hydroxyl groups is 1. The normalized spacial score (nSPS) is 24.8. The first-order valence-corrected chi connectivity index (χ1v) is 5.63. The molecule has 6 heteroatoms. The lowest BCUT2D eigenvalue weighted by molar-refractivity contribution is -0.119. The summed E-state index contributed by atoms with van der Waals surface area (Å²) >= 11 is 0. The van der Waals surface area contributed by atoms with Gasteiger partial charge >= 0.3 is 6.09 Å². The largest absolute Gasteiger partial charge is 0.444 e. The van der Waals surface area contributed by atoms with E-state index in [4.69, 9.17) is 10.5 Å². The second kappa shape index (κ2) is 4.91. The molecule has 1 aliphatic rings. The number of likely N-dealkylation sites (tertiary alicyclic amines) is 1. The molecule has 1 fully saturated rings. The number of ether oxygens (including phenoxy) is 1. The minimum atomic E-state index is -0.713. The average molecular weight is 244 g/mol. The molecule has 0 aliphatic carbocycles. The van der Waals surface area contributed by atoms with Crippen LogP contribution in [0.5, 0.6) is 0 Å². The smallest absolute Gasteiger partial charge is 0.410 e. The molecule has 2 atom stereocenters. The van der Waals surface area contributed by atoms with Crippen molar-refractivity contribution in [3.8, 4) is 0 Å². The van der Waals surface area contributed by atoms with Crippen LogP contribution >= 0.6 is 0 Å². The molecule has 0 aromatic heterocycles. The van der Waals surface area contributed by atoms with E-state index in [1.165, 1.54) is 4.90 Å². The third-order valence-electron chi connectivity index (χ3n) is 2.52.